The van der Waals surface area contributed by atoms with Crippen molar-refractivity contribution >= 4 is 28.9 Å². The Morgan fingerprint density at radius 3 is 2.88 bits per heavy atom. The van der Waals surface area contributed by atoms with Crippen LogP contribution in [0.25, 0.3) is 0 Å². The second kappa shape index (κ2) is 6.05. The van der Waals surface area contributed by atoms with Crippen LogP contribution in [0.4, 0.5) is 15.8 Å². The lowest BCUT2D eigenvalue weighted by atomic mass is 10.0. The van der Waals surface area contributed by atoms with E-state index in [0.29, 0.717) is 16.3 Å². The Balaban J connectivity index is 1.83. The van der Waals surface area contributed by atoms with Crippen LogP contribution in [0, 0.1) is 17.1 Å². The van der Waals surface area contributed by atoms with Gasteiger partial charge in [0.1, 0.15) is 11.9 Å². The van der Waals surface area contributed by atoms with E-state index in [4.69, 9.17) is 11.6 Å². The molecular weight excluding hydrogens is 341 g/mol. The van der Waals surface area contributed by atoms with E-state index >= 15 is 0 Å². The first kappa shape index (κ1) is 15.9. The summed E-state index contributed by atoms with van der Waals surface area (Å²) in [6.07, 6.45) is 1.71. The number of nitriles is 1. The molecule has 2 heterocycles. The van der Waals surface area contributed by atoms with Crippen molar-refractivity contribution in [3.05, 3.63) is 58.4 Å². The zero-order valence-electron chi connectivity index (χ0n) is 13.4. The topological polar surface area (TPSA) is 47.3 Å². The first-order chi connectivity index (χ1) is 12.1. The lowest BCUT2D eigenvalue weighted by Gasteiger charge is -2.39. The molecule has 4 nitrogen and oxygen atoms in total. The standard InChI is InChI=1S/C19H15ClFN3O/c20-14-3-1-4-15(21)13(14)11-24-18-9-12(10-22)6-7-16(18)23-8-2-5-17(23)19(24)25/h1,3-4,6-7,9,17H,2,5,8,11H2. The van der Waals surface area contributed by atoms with Gasteiger partial charge in [0.05, 0.1) is 29.6 Å². The predicted octanol–water partition coefficient (Wildman–Crippen LogP) is 3.87. The Kier molecular flexibility index (Phi) is 3.85. The lowest BCUT2D eigenvalue weighted by Crippen LogP contribution is -2.50. The maximum atomic E-state index is 14.2. The number of carbonyl (C=O) groups is 1. The van der Waals surface area contributed by atoms with Crippen LogP contribution in [0.5, 0.6) is 0 Å². The third-order valence-electron chi connectivity index (χ3n) is 4.89. The molecule has 4 rings (SSSR count). The van der Waals surface area contributed by atoms with Crippen molar-refractivity contribution in [2.75, 3.05) is 16.3 Å². The molecule has 2 aromatic rings. The van der Waals surface area contributed by atoms with Gasteiger partial charge in [0.25, 0.3) is 0 Å². The monoisotopic (exact) mass is 355 g/mol. The first-order valence-electron chi connectivity index (χ1n) is 8.15. The number of fused-ring (bicyclic) bond motifs is 3. The Labute approximate surface area is 150 Å². The molecule has 1 unspecified atom stereocenters. The SMILES string of the molecule is N#Cc1ccc2c(c1)N(Cc1c(F)cccc1Cl)C(=O)C1CCCN21. The number of halogens is 2. The number of hydrogen-bond donors (Lipinski definition) is 0. The molecule has 0 saturated carbocycles. The molecule has 1 atom stereocenters. The lowest BCUT2D eigenvalue weighted by molar-refractivity contribution is -0.120. The highest BCUT2D eigenvalue weighted by Gasteiger charge is 2.41. The summed E-state index contributed by atoms with van der Waals surface area (Å²) in [6.45, 7) is 0.861. The molecule has 2 aliphatic heterocycles. The quantitative estimate of drug-likeness (QED) is 0.821. The fourth-order valence-corrected chi connectivity index (χ4v) is 3.89. The zero-order valence-corrected chi connectivity index (χ0v) is 14.1. The molecule has 2 aliphatic rings. The molecule has 6 heteroatoms. The molecule has 1 amide bonds. The molecule has 0 N–H and O–H groups in total. The first-order valence-corrected chi connectivity index (χ1v) is 8.53. The molecule has 2 aromatic carbocycles. The molecule has 1 fully saturated rings. The van der Waals surface area contributed by atoms with Gasteiger partial charge in [0.15, 0.2) is 0 Å². The highest BCUT2D eigenvalue weighted by molar-refractivity contribution is 6.31. The van der Waals surface area contributed by atoms with E-state index in [1.165, 1.54) is 6.07 Å². The smallest absolute Gasteiger partial charge is 0.250 e. The number of rotatable bonds is 2. The molecular formula is C19H15ClFN3O. The van der Waals surface area contributed by atoms with Crippen LogP contribution in [-0.4, -0.2) is 18.5 Å². The van der Waals surface area contributed by atoms with Crippen LogP contribution in [0.1, 0.15) is 24.0 Å². The van der Waals surface area contributed by atoms with Gasteiger partial charge in [-0.2, -0.15) is 5.26 Å². The normalized spacial score (nSPS) is 18.8. The van der Waals surface area contributed by atoms with Crippen LogP contribution in [0.3, 0.4) is 0 Å². The summed E-state index contributed by atoms with van der Waals surface area (Å²) in [5.41, 5.74) is 2.31. The molecule has 126 valence electrons. The average molecular weight is 356 g/mol. The summed E-state index contributed by atoms with van der Waals surface area (Å²) in [4.78, 5) is 16.7. The van der Waals surface area contributed by atoms with Crippen molar-refractivity contribution < 1.29 is 9.18 Å². The Morgan fingerprint density at radius 1 is 1.28 bits per heavy atom. The minimum Gasteiger partial charge on any atom is -0.358 e. The second-order valence-corrected chi connectivity index (χ2v) is 6.70. The predicted molar refractivity (Wildman–Crippen MR) is 94.1 cm³/mol. The molecule has 25 heavy (non-hydrogen) atoms. The molecule has 0 aliphatic carbocycles. The summed E-state index contributed by atoms with van der Waals surface area (Å²) >= 11 is 6.15. The second-order valence-electron chi connectivity index (χ2n) is 6.29. The van der Waals surface area contributed by atoms with E-state index in [-0.39, 0.29) is 24.1 Å². The average Bonchev–Trinajstić information content (AvgIpc) is 3.10. The highest BCUT2D eigenvalue weighted by Crippen LogP contribution is 2.41. The van der Waals surface area contributed by atoms with Crippen molar-refractivity contribution in [1.29, 1.82) is 5.26 Å². The molecule has 0 aromatic heterocycles. The number of benzene rings is 2. The van der Waals surface area contributed by atoms with Gasteiger partial charge < -0.3 is 9.80 Å². The van der Waals surface area contributed by atoms with Crippen LogP contribution in [0.15, 0.2) is 36.4 Å². The van der Waals surface area contributed by atoms with Crippen LogP contribution in [-0.2, 0) is 11.3 Å². The minimum absolute atomic E-state index is 0.0521. The Morgan fingerprint density at radius 2 is 2.12 bits per heavy atom. The van der Waals surface area contributed by atoms with Gasteiger partial charge in [-0.05, 0) is 43.2 Å². The summed E-state index contributed by atoms with van der Waals surface area (Å²) in [5.74, 6) is -0.508. The van der Waals surface area contributed by atoms with E-state index in [9.17, 15) is 14.4 Å². The van der Waals surface area contributed by atoms with Gasteiger partial charge in [-0.15, -0.1) is 0 Å². The summed E-state index contributed by atoms with van der Waals surface area (Å²) in [7, 11) is 0. The van der Waals surface area contributed by atoms with Crippen molar-refractivity contribution in [3.63, 3.8) is 0 Å². The maximum Gasteiger partial charge on any atom is 0.250 e. The summed E-state index contributed by atoms with van der Waals surface area (Å²) < 4.78 is 14.2. The van der Waals surface area contributed by atoms with Gasteiger partial charge in [0.2, 0.25) is 5.91 Å². The van der Waals surface area contributed by atoms with E-state index in [1.807, 2.05) is 6.07 Å². The number of carbonyl (C=O) groups excluding carboxylic acids is 1. The third-order valence-corrected chi connectivity index (χ3v) is 5.24. The van der Waals surface area contributed by atoms with Gasteiger partial charge in [-0.3, -0.25) is 4.79 Å². The number of nitrogens with zero attached hydrogens (tertiary/aromatic N) is 3. The fourth-order valence-electron chi connectivity index (χ4n) is 3.67. The van der Waals surface area contributed by atoms with E-state index < -0.39 is 5.82 Å². The van der Waals surface area contributed by atoms with Crippen LogP contribution >= 0.6 is 11.6 Å². The van der Waals surface area contributed by atoms with Crippen molar-refractivity contribution in [1.82, 2.24) is 0 Å². The molecule has 1 saturated heterocycles. The van der Waals surface area contributed by atoms with Crippen molar-refractivity contribution in [2.24, 2.45) is 0 Å². The number of hydrogen-bond acceptors (Lipinski definition) is 3. The van der Waals surface area contributed by atoms with E-state index in [0.717, 1.165) is 25.1 Å². The molecule has 0 radical (unpaired) electrons. The van der Waals surface area contributed by atoms with Gasteiger partial charge in [0, 0.05) is 17.1 Å². The van der Waals surface area contributed by atoms with E-state index in [1.54, 1.807) is 29.2 Å². The van der Waals surface area contributed by atoms with Crippen molar-refractivity contribution in [2.45, 2.75) is 25.4 Å². The largest absolute Gasteiger partial charge is 0.358 e. The van der Waals surface area contributed by atoms with Crippen LogP contribution in [0.2, 0.25) is 5.02 Å². The Bertz CT molecular complexity index is 888. The molecule has 0 bridgehead atoms. The summed E-state index contributed by atoms with van der Waals surface area (Å²) in [6, 6.07) is 11.7. The number of amides is 1. The highest BCUT2D eigenvalue weighted by atomic mass is 35.5. The molecule has 0 spiro atoms. The number of anilines is 2. The minimum atomic E-state index is -0.438. The van der Waals surface area contributed by atoms with Gasteiger partial charge in [-0.1, -0.05) is 17.7 Å². The summed E-state index contributed by atoms with van der Waals surface area (Å²) in [5, 5.41) is 9.50. The van der Waals surface area contributed by atoms with Gasteiger partial charge >= 0.3 is 0 Å². The zero-order chi connectivity index (χ0) is 17.6. The van der Waals surface area contributed by atoms with Gasteiger partial charge in [-0.25, -0.2) is 4.39 Å². The fraction of sp³-hybridized carbons (Fsp3) is 0.263. The Hall–Kier alpha value is -2.58. The van der Waals surface area contributed by atoms with Crippen LogP contribution < -0.4 is 9.80 Å². The van der Waals surface area contributed by atoms with E-state index in [2.05, 4.69) is 11.0 Å². The van der Waals surface area contributed by atoms with Crippen molar-refractivity contribution in [3.8, 4) is 6.07 Å². The third kappa shape index (κ3) is 2.54. The maximum absolute atomic E-state index is 14.2.